The molecule has 0 aromatic carbocycles. The van der Waals surface area contributed by atoms with Crippen LogP contribution in [0.1, 0.15) is 29.6 Å². The molecule has 0 radical (unpaired) electrons. The molecule has 116 valence electrons. The molecule has 0 bridgehead atoms. The van der Waals surface area contributed by atoms with Gasteiger partial charge in [-0.15, -0.1) is 0 Å². The maximum absolute atomic E-state index is 12.5. The van der Waals surface area contributed by atoms with Gasteiger partial charge in [-0.25, -0.2) is 0 Å². The van der Waals surface area contributed by atoms with Crippen molar-refractivity contribution in [1.82, 2.24) is 15.0 Å². The van der Waals surface area contributed by atoms with Crippen molar-refractivity contribution in [2.75, 3.05) is 33.2 Å². The molecule has 2 N–H and O–H groups in total. The van der Waals surface area contributed by atoms with Crippen LogP contribution in [-0.4, -0.2) is 60.0 Å². The number of aryl methyl sites for hydroxylation is 1. The number of hydrogen-bond acceptors (Lipinski definition) is 5. The lowest BCUT2D eigenvalue weighted by molar-refractivity contribution is -0.122. The summed E-state index contributed by atoms with van der Waals surface area (Å²) in [6.45, 7) is 4.18. The summed E-state index contributed by atoms with van der Waals surface area (Å²) in [6, 6.07) is 1.68. The van der Waals surface area contributed by atoms with E-state index in [1.165, 1.54) is 0 Å². The predicted molar refractivity (Wildman–Crippen MR) is 76.6 cm³/mol. The summed E-state index contributed by atoms with van der Waals surface area (Å²) in [4.78, 5) is 27.6. The highest BCUT2D eigenvalue weighted by atomic mass is 16.5. The van der Waals surface area contributed by atoms with E-state index in [4.69, 9.17) is 10.3 Å². The number of nitrogens with zero attached hydrogens (tertiary/aromatic N) is 3. The number of carbonyl (C=O) groups excluding carboxylic acids is 2. The maximum Gasteiger partial charge on any atom is 0.276 e. The SMILES string of the molecule is CCCc1cc(C(=O)N2CCN(C)C[C@H](C(N)=O)C2)no1. The molecule has 1 aromatic heterocycles. The normalized spacial score (nSPS) is 20.3. The van der Waals surface area contributed by atoms with E-state index >= 15 is 0 Å². The summed E-state index contributed by atoms with van der Waals surface area (Å²) in [5.41, 5.74) is 5.70. The minimum Gasteiger partial charge on any atom is -0.369 e. The van der Waals surface area contributed by atoms with Crippen LogP contribution in [0.5, 0.6) is 0 Å². The monoisotopic (exact) mass is 294 g/mol. The second-order valence-electron chi connectivity index (χ2n) is 5.54. The summed E-state index contributed by atoms with van der Waals surface area (Å²) in [7, 11) is 1.92. The lowest BCUT2D eigenvalue weighted by Gasteiger charge is -2.21. The molecule has 0 spiro atoms. The first-order chi connectivity index (χ1) is 10.0. The number of nitrogens with two attached hydrogens (primary N) is 1. The van der Waals surface area contributed by atoms with Crippen LogP contribution in [0.2, 0.25) is 0 Å². The summed E-state index contributed by atoms with van der Waals surface area (Å²) in [5, 5.41) is 3.83. The molecular formula is C14H22N4O3. The number of amides is 2. The number of likely N-dealkylation sites (N-methyl/N-ethyl adjacent to an activating group) is 1. The van der Waals surface area contributed by atoms with Crippen molar-refractivity contribution in [3.05, 3.63) is 17.5 Å². The average molecular weight is 294 g/mol. The first-order valence-electron chi connectivity index (χ1n) is 7.24. The molecule has 0 saturated carbocycles. The molecule has 1 saturated heterocycles. The van der Waals surface area contributed by atoms with E-state index in [9.17, 15) is 9.59 Å². The van der Waals surface area contributed by atoms with Gasteiger partial charge in [-0.05, 0) is 13.5 Å². The number of primary amides is 1. The van der Waals surface area contributed by atoms with Gasteiger partial charge in [0.2, 0.25) is 5.91 Å². The van der Waals surface area contributed by atoms with Crippen LogP contribution in [-0.2, 0) is 11.2 Å². The Morgan fingerprint density at radius 3 is 2.86 bits per heavy atom. The van der Waals surface area contributed by atoms with E-state index in [1.807, 2.05) is 18.9 Å². The molecule has 1 aliphatic heterocycles. The Morgan fingerprint density at radius 1 is 1.43 bits per heavy atom. The number of hydrogen-bond donors (Lipinski definition) is 1. The predicted octanol–water partition coefficient (Wildman–Crippen LogP) is 0.116. The van der Waals surface area contributed by atoms with Gasteiger partial charge in [0.1, 0.15) is 5.76 Å². The van der Waals surface area contributed by atoms with Gasteiger partial charge in [0.25, 0.3) is 5.91 Å². The highest BCUT2D eigenvalue weighted by Crippen LogP contribution is 2.13. The molecule has 1 aromatic rings. The van der Waals surface area contributed by atoms with Gasteiger partial charge in [0, 0.05) is 38.7 Å². The van der Waals surface area contributed by atoms with Gasteiger partial charge in [-0.1, -0.05) is 12.1 Å². The molecule has 1 fully saturated rings. The Hall–Kier alpha value is -1.89. The summed E-state index contributed by atoms with van der Waals surface area (Å²) >= 11 is 0. The van der Waals surface area contributed by atoms with Crippen LogP contribution in [0.15, 0.2) is 10.6 Å². The fourth-order valence-corrected chi connectivity index (χ4v) is 2.48. The van der Waals surface area contributed by atoms with E-state index in [0.29, 0.717) is 37.6 Å². The van der Waals surface area contributed by atoms with Crippen LogP contribution >= 0.6 is 0 Å². The maximum atomic E-state index is 12.5. The molecule has 7 heteroatoms. The summed E-state index contributed by atoms with van der Waals surface area (Å²) < 4.78 is 5.14. The van der Waals surface area contributed by atoms with Crippen LogP contribution < -0.4 is 5.73 Å². The van der Waals surface area contributed by atoms with Crippen molar-refractivity contribution in [2.45, 2.75) is 19.8 Å². The molecule has 1 aliphatic rings. The minimum atomic E-state index is -0.381. The van der Waals surface area contributed by atoms with E-state index < -0.39 is 0 Å². The molecule has 7 nitrogen and oxygen atoms in total. The second-order valence-corrected chi connectivity index (χ2v) is 5.54. The van der Waals surface area contributed by atoms with Crippen LogP contribution in [0.3, 0.4) is 0 Å². The lowest BCUT2D eigenvalue weighted by Crippen LogP contribution is -2.40. The molecule has 2 rings (SSSR count). The topological polar surface area (TPSA) is 92.7 Å². The van der Waals surface area contributed by atoms with Gasteiger partial charge in [0.15, 0.2) is 5.69 Å². The molecule has 1 atom stereocenters. The van der Waals surface area contributed by atoms with E-state index in [1.54, 1.807) is 11.0 Å². The van der Waals surface area contributed by atoms with Gasteiger partial charge >= 0.3 is 0 Å². The number of carbonyl (C=O) groups is 2. The van der Waals surface area contributed by atoms with Crippen molar-refractivity contribution in [3.8, 4) is 0 Å². The lowest BCUT2D eigenvalue weighted by atomic mass is 10.1. The van der Waals surface area contributed by atoms with Gasteiger partial charge in [-0.2, -0.15) is 0 Å². The fraction of sp³-hybridized carbons (Fsp3) is 0.643. The zero-order valence-electron chi connectivity index (χ0n) is 12.5. The number of rotatable bonds is 4. The summed E-state index contributed by atoms with van der Waals surface area (Å²) in [6.07, 6.45) is 1.69. The molecule has 2 amide bonds. The Labute approximate surface area is 124 Å². The average Bonchev–Trinajstić information content (AvgIpc) is 2.80. The number of aromatic nitrogens is 1. The third kappa shape index (κ3) is 3.81. The highest BCUT2D eigenvalue weighted by molar-refractivity contribution is 5.92. The van der Waals surface area contributed by atoms with E-state index in [0.717, 1.165) is 12.8 Å². The van der Waals surface area contributed by atoms with Crippen molar-refractivity contribution in [3.63, 3.8) is 0 Å². The van der Waals surface area contributed by atoms with Crippen LogP contribution in [0.25, 0.3) is 0 Å². The standard InChI is InChI=1S/C14H22N4O3/c1-3-4-11-7-12(16-21-11)14(20)18-6-5-17(2)8-10(9-18)13(15)19/h7,10H,3-6,8-9H2,1-2H3,(H2,15,19)/t10-/m0/s1. The first-order valence-corrected chi connectivity index (χ1v) is 7.24. The second kappa shape index (κ2) is 6.71. The van der Waals surface area contributed by atoms with Crippen molar-refractivity contribution >= 4 is 11.8 Å². The molecular weight excluding hydrogens is 272 g/mol. The third-order valence-corrected chi connectivity index (χ3v) is 3.69. The minimum absolute atomic E-state index is 0.206. The van der Waals surface area contributed by atoms with Crippen molar-refractivity contribution < 1.29 is 14.1 Å². The van der Waals surface area contributed by atoms with Crippen LogP contribution in [0, 0.1) is 5.92 Å². The van der Waals surface area contributed by atoms with Crippen LogP contribution in [0.4, 0.5) is 0 Å². The highest BCUT2D eigenvalue weighted by Gasteiger charge is 2.29. The fourth-order valence-electron chi connectivity index (χ4n) is 2.48. The summed E-state index contributed by atoms with van der Waals surface area (Å²) in [5.74, 6) is -0.237. The quantitative estimate of drug-likeness (QED) is 0.851. The third-order valence-electron chi connectivity index (χ3n) is 3.69. The Bertz CT molecular complexity index is 514. The molecule has 0 unspecified atom stereocenters. The largest absolute Gasteiger partial charge is 0.369 e. The zero-order valence-corrected chi connectivity index (χ0v) is 12.5. The molecule has 21 heavy (non-hydrogen) atoms. The van der Waals surface area contributed by atoms with Crippen molar-refractivity contribution in [2.24, 2.45) is 11.7 Å². The smallest absolute Gasteiger partial charge is 0.276 e. The molecule has 2 heterocycles. The van der Waals surface area contributed by atoms with E-state index in [2.05, 4.69) is 5.16 Å². The molecule has 0 aliphatic carbocycles. The Morgan fingerprint density at radius 2 is 2.19 bits per heavy atom. The first kappa shape index (κ1) is 15.5. The van der Waals surface area contributed by atoms with Gasteiger partial charge < -0.3 is 20.1 Å². The van der Waals surface area contributed by atoms with Gasteiger partial charge in [-0.3, -0.25) is 9.59 Å². The van der Waals surface area contributed by atoms with Crippen molar-refractivity contribution in [1.29, 1.82) is 0 Å². The van der Waals surface area contributed by atoms with Gasteiger partial charge in [0.05, 0.1) is 5.92 Å². The Balaban J connectivity index is 2.10. The zero-order chi connectivity index (χ0) is 15.4. The Kier molecular flexibility index (Phi) is 4.95. The van der Waals surface area contributed by atoms with E-state index in [-0.39, 0.29) is 17.7 Å².